The van der Waals surface area contributed by atoms with Crippen LogP contribution in [0.4, 0.5) is 0 Å². The third-order valence-electron chi connectivity index (χ3n) is 0. The standard InChI is InChI=1S/4CH3.2Au.2HI/h4*1H3;;;2*1H/q4*-1;2*+1;;/p-2. The molecule has 0 radical (unpaired) electrons. The van der Waals surface area contributed by atoms with Gasteiger partial charge in [-0.05, 0) is 0 Å². The molecule has 0 aliphatic heterocycles. The van der Waals surface area contributed by atoms with Crippen molar-refractivity contribution in [3.8, 4) is 0 Å². The summed E-state index contributed by atoms with van der Waals surface area (Å²) in [6, 6.07) is 0. The van der Waals surface area contributed by atoms with Gasteiger partial charge in [0.05, 0.1) is 0 Å². The van der Waals surface area contributed by atoms with Gasteiger partial charge in [0.2, 0.25) is 0 Å². The van der Waals surface area contributed by atoms with Gasteiger partial charge in [-0.15, -0.1) is 0 Å². The Morgan fingerprint density at radius 1 is 0.500 bits per heavy atom. The average molecular weight is 708 g/mol. The van der Waals surface area contributed by atoms with E-state index in [0.717, 1.165) is 0 Å². The molecule has 0 saturated heterocycles. The molecule has 0 bridgehead atoms. The van der Waals surface area contributed by atoms with E-state index in [1.807, 2.05) is 0 Å². The first-order valence-corrected chi connectivity index (χ1v) is 12.5. The van der Waals surface area contributed by atoms with Crippen LogP contribution in [0.15, 0.2) is 0 Å². The van der Waals surface area contributed by atoms with Crippen LogP contribution in [0.1, 0.15) is 0 Å². The molecular weight excluding hydrogens is 696 g/mol. The summed E-state index contributed by atoms with van der Waals surface area (Å²) < 4.78 is 0. The molecule has 0 amide bonds. The summed E-state index contributed by atoms with van der Waals surface area (Å²) in [5.41, 5.74) is 0. The maximum atomic E-state index is 2.25. The fourth-order valence-corrected chi connectivity index (χ4v) is 0. The zero-order chi connectivity index (χ0) is 4.00. The normalized spacial score (nSPS) is 1.75. The van der Waals surface area contributed by atoms with Crippen LogP contribution in [-0.2, 0) is 34.5 Å². The molecule has 0 atom stereocenters. The summed E-state index contributed by atoms with van der Waals surface area (Å²) in [6.07, 6.45) is 0. The Morgan fingerprint density at radius 2 is 0.500 bits per heavy atom. The van der Waals surface area contributed by atoms with Crippen molar-refractivity contribution < 1.29 is 34.5 Å². The fraction of sp³-hybridized carbons (Fsp3) is 0. The molecule has 0 N–H and O–H groups in total. The molecule has 0 unspecified atom stereocenters. The third kappa shape index (κ3) is 65.2. The van der Waals surface area contributed by atoms with Crippen molar-refractivity contribution in [1.29, 1.82) is 0 Å². The van der Waals surface area contributed by atoms with Crippen molar-refractivity contribution in [2.75, 3.05) is 0 Å². The Kier molecular flexibility index (Phi) is 509. The predicted molar refractivity (Wildman–Crippen MR) is 53.7 cm³/mol. The van der Waals surface area contributed by atoms with Crippen LogP contribution < -0.4 is 0 Å². The van der Waals surface area contributed by atoms with E-state index in [-0.39, 0.29) is 29.7 Å². The molecule has 0 aromatic rings. The molecule has 0 heterocycles. The molecule has 0 saturated carbocycles. The minimum atomic E-state index is 0. The summed E-state index contributed by atoms with van der Waals surface area (Å²) in [5, 5.41) is 0. The molecule has 0 spiro atoms. The van der Waals surface area contributed by atoms with Gasteiger partial charge in [-0.3, -0.25) is 0 Å². The average Bonchev–Trinajstić information content (AvgIpc) is 1.50. The van der Waals surface area contributed by atoms with Gasteiger partial charge in [0, 0.05) is 0 Å². The van der Waals surface area contributed by atoms with E-state index in [2.05, 4.69) is 72.5 Å². The van der Waals surface area contributed by atoms with Gasteiger partial charge in [-0.2, -0.15) is 0 Å². The molecule has 0 rings (SSSR count). The van der Waals surface area contributed by atoms with Gasteiger partial charge < -0.3 is 29.7 Å². The van der Waals surface area contributed by atoms with Gasteiger partial charge in [0.1, 0.15) is 0 Å². The van der Waals surface area contributed by atoms with E-state index in [4.69, 9.17) is 0 Å². The van der Waals surface area contributed by atoms with Gasteiger partial charge in [0.15, 0.2) is 0 Å². The molecule has 4 heteroatoms. The topological polar surface area (TPSA) is 0 Å². The van der Waals surface area contributed by atoms with Crippen LogP contribution in [0, 0.1) is 29.7 Å². The summed E-state index contributed by atoms with van der Waals surface area (Å²) in [4.78, 5) is 0. The second kappa shape index (κ2) is 91.9. The molecular formula is C4H12Au2I2-4. The van der Waals surface area contributed by atoms with E-state index in [1.54, 1.807) is 0 Å². The van der Waals surface area contributed by atoms with E-state index in [1.165, 1.54) is 0 Å². The molecule has 0 aliphatic carbocycles. The molecule has 0 nitrogen and oxygen atoms in total. The van der Waals surface area contributed by atoms with Crippen molar-refractivity contribution in [2.24, 2.45) is 0 Å². The van der Waals surface area contributed by atoms with E-state index in [0.29, 0.717) is 0 Å². The van der Waals surface area contributed by atoms with Crippen LogP contribution in [0.5, 0.6) is 0 Å². The number of halogens is 2. The van der Waals surface area contributed by atoms with Gasteiger partial charge in [0.25, 0.3) is 0 Å². The van der Waals surface area contributed by atoms with E-state index in [9.17, 15) is 0 Å². The SMILES string of the molecule is [CH3-].[CH3-].[CH3-].[CH3-].[I][Au].[I][Au]. The van der Waals surface area contributed by atoms with Gasteiger partial charge in [-0.1, -0.05) is 0 Å². The second-order valence-corrected chi connectivity index (χ2v) is 0. The second-order valence-electron chi connectivity index (χ2n) is 0. The monoisotopic (exact) mass is 708 g/mol. The molecule has 0 fully saturated rings. The maximum absolute atomic E-state index is 2.25. The molecule has 0 aliphatic rings. The van der Waals surface area contributed by atoms with Crippen LogP contribution in [0.2, 0.25) is 0 Å². The molecule has 68 valence electrons. The van der Waals surface area contributed by atoms with Crippen LogP contribution >= 0.6 is 38.0 Å². The third-order valence-corrected chi connectivity index (χ3v) is 0. The Bertz CT molecular complexity index is 12.0. The zero-order valence-corrected chi connectivity index (χ0v) is 14.0. The van der Waals surface area contributed by atoms with Crippen molar-refractivity contribution in [2.45, 2.75) is 0 Å². The minimum absolute atomic E-state index is 0. The molecule has 8 heavy (non-hydrogen) atoms. The van der Waals surface area contributed by atoms with Crippen molar-refractivity contribution in [1.82, 2.24) is 0 Å². The summed E-state index contributed by atoms with van der Waals surface area (Å²) in [5.74, 6) is 0. The van der Waals surface area contributed by atoms with Crippen molar-refractivity contribution in [3.63, 3.8) is 0 Å². The van der Waals surface area contributed by atoms with Crippen LogP contribution in [0.3, 0.4) is 0 Å². The number of hydrogen-bond acceptors (Lipinski definition) is 0. The van der Waals surface area contributed by atoms with Crippen molar-refractivity contribution >= 4 is 38.0 Å². The fourth-order valence-electron chi connectivity index (χ4n) is 0. The summed E-state index contributed by atoms with van der Waals surface area (Å²) in [6.45, 7) is 0. The Labute approximate surface area is 100 Å². The first-order chi connectivity index (χ1) is 2.00. The number of hydrogen-bond donors (Lipinski definition) is 0. The quantitative estimate of drug-likeness (QED) is 0.206. The van der Waals surface area contributed by atoms with Crippen LogP contribution in [0.25, 0.3) is 0 Å². The summed E-state index contributed by atoms with van der Waals surface area (Å²) >= 11 is 8.68. The molecule has 0 aromatic heterocycles. The predicted octanol–water partition coefficient (Wildman–Crippen LogP) is 3.57. The first kappa shape index (κ1) is 44.3. The van der Waals surface area contributed by atoms with E-state index >= 15 is 0 Å². The Hall–Kier alpha value is 2.94. The number of rotatable bonds is 0. The first-order valence-electron chi connectivity index (χ1n) is 0.228. The van der Waals surface area contributed by atoms with Gasteiger partial charge in [-0.25, -0.2) is 0 Å². The Morgan fingerprint density at radius 3 is 0.500 bits per heavy atom. The van der Waals surface area contributed by atoms with E-state index < -0.39 is 0 Å². The van der Waals surface area contributed by atoms with Crippen LogP contribution in [-0.4, -0.2) is 0 Å². The van der Waals surface area contributed by atoms with Crippen molar-refractivity contribution in [3.05, 3.63) is 29.7 Å². The molecule has 0 aromatic carbocycles. The Balaban J connectivity index is -0.00000000167. The summed E-state index contributed by atoms with van der Waals surface area (Å²) in [7, 11) is 0. The van der Waals surface area contributed by atoms with Gasteiger partial charge >= 0.3 is 72.5 Å². The zero-order valence-electron chi connectivity index (χ0n) is 5.36.